The lowest BCUT2D eigenvalue weighted by Gasteiger charge is -2.31. The maximum atomic E-state index is 11.2. The minimum absolute atomic E-state index is 0.0368. The molecule has 1 aromatic heterocycles. The first kappa shape index (κ1) is 15.7. The van der Waals surface area contributed by atoms with Gasteiger partial charge in [-0.1, -0.05) is 19.3 Å². The summed E-state index contributed by atoms with van der Waals surface area (Å²) >= 11 is 0. The zero-order chi connectivity index (χ0) is 15.4. The van der Waals surface area contributed by atoms with Crippen molar-refractivity contribution in [2.45, 2.75) is 65.0 Å². The number of amides is 1. The first-order valence-electron chi connectivity index (χ1n) is 7.82. The van der Waals surface area contributed by atoms with Crippen LogP contribution in [0.2, 0.25) is 0 Å². The maximum Gasteiger partial charge on any atom is 0.225 e. The third-order valence-corrected chi connectivity index (χ3v) is 4.33. The van der Waals surface area contributed by atoms with Crippen molar-refractivity contribution in [2.75, 3.05) is 11.9 Å². The Morgan fingerprint density at radius 1 is 1.38 bits per heavy atom. The molecule has 1 amide bonds. The van der Waals surface area contributed by atoms with E-state index in [0.717, 1.165) is 17.2 Å². The normalized spacial score (nSPS) is 17.3. The lowest BCUT2D eigenvalue weighted by molar-refractivity contribution is -0.119. The lowest BCUT2D eigenvalue weighted by Crippen LogP contribution is -2.35. The Bertz CT molecular complexity index is 497. The Morgan fingerprint density at radius 2 is 2.05 bits per heavy atom. The van der Waals surface area contributed by atoms with Crippen molar-refractivity contribution < 1.29 is 4.79 Å². The molecule has 1 aromatic rings. The van der Waals surface area contributed by atoms with Gasteiger partial charge < -0.3 is 10.2 Å². The second-order valence-corrected chi connectivity index (χ2v) is 6.04. The molecular formula is C16H26N4O. The average Bonchev–Trinajstić information content (AvgIpc) is 2.46. The molecule has 21 heavy (non-hydrogen) atoms. The number of carbonyl (C=O) groups is 1. The number of aryl methyl sites for hydroxylation is 1. The Kier molecular flexibility index (Phi) is 5.15. The first-order valence-corrected chi connectivity index (χ1v) is 7.82. The van der Waals surface area contributed by atoms with Gasteiger partial charge in [0.25, 0.3) is 0 Å². The standard InChI is InChI=1S/C16H26N4O/c1-11(18-13(3)21)15-10-17-16(19-12(15)2)20(4)14-8-6-5-7-9-14/h10-11,14H,5-9H2,1-4H3,(H,18,21)/t11-/m1/s1. The van der Waals surface area contributed by atoms with Gasteiger partial charge in [0, 0.05) is 37.5 Å². The summed E-state index contributed by atoms with van der Waals surface area (Å²) < 4.78 is 0. The molecule has 5 heteroatoms. The Balaban J connectivity index is 2.12. The van der Waals surface area contributed by atoms with Crippen LogP contribution in [0.15, 0.2) is 6.20 Å². The smallest absolute Gasteiger partial charge is 0.225 e. The van der Waals surface area contributed by atoms with Gasteiger partial charge in [-0.3, -0.25) is 4.79 Å². The van der Waals surface area contributed by atoms with Gasteiger partial charge in [-0.2, -0.15) is 0 Å². The highest BCUT2D eigenvalue weighted by molar-refractivity contribution is 5.73. The van der Waals surface area contributed by atoms with E-state index in [1.54, 1.807) is 0 Å². The van der Waals surface area contributed by atoms with E-state index in [2.05, 4.69) is 27.2 Å². The quantitative estimate of drug-likeness (QED) is 0.926. The molecule has 2 rings (SSSR count). The number of hydrogen-bond donors (Lipinski definition) is 1. The summed E-state index contributed by atoms with van der Waals surface area (Å²) in [5, 5.41) is 2.88. The topological polar surface area (TPSA) is 58.1 Å². The number of hydrogen-bond acceptors (Lipinski definition) is 4. The molecule has 5 nitrogen and oxygen atoms in total. The summed E-state index contributed by atoms with van der Waals surface area (Å²) in [6, 6.07) is 0.494. The highest BCUT2D eigenvalue weighted by Gasteiger charge is 2.21. The highest BCUT2D eigenvalue weighted by Crippen LogP contribution is 2.25. The molecule has 1 saturated carbocycles. The molecule has 0 bridgehead atoms. The number of aromatic nitrogens is 2. The molecule has 1 fully saturated rings. The summed E-state index contributed by atoms with van der Waals surface area (Å²) in [6.07, 6.45) is 8.23. The predicted octanol–water partition coefficient (Wildman–Crippen LogP) is 2.75. The van der Waals surface area contributed by atoms with Crippen LogP contribution in [0.3, 0.4) is 0 Å². The highest BCUT2D eigenvalue weighted by atomic mass is 16.1. The second-order valence-electron chi connectivity index (χ2n) is 6.04. The van der Waals surface area contributed by atoms with Crippen LogP contribution >= 0.6 is 0 Å². The van der Waals surface area contributed by atoms with Crippen molar-refractivity contribution in [2.24, 2.45) is 0 Å². The zero-order valence-corrected chi connectivity index (χ0v) is 13.5. The van der Waals surface area contributed by atoms with Gasteiger partial charge in [-0.15, -0.1) is 0 Å². The average molecular weight is 290 g/mol. The Morgan fingerprint density at radius 3 is 2.62 bits per heavy atom. The number of anilines is 1. The molecule has 0 aromatic carbocycles. The fourth-order valence-electron chi connectivity index (χ4n) is 3.07. The molecule has 0 spiro atoms. The fraction of sp³-hybridized carbons (Fsp3) is 0.688. The third kappa shape index (κ3) is 3.93. The van der Waals surface area contributed by atoms with E-state index in [4.69, 9.17) is 0 Å². The van der Waals surface area contributed by atoms with E-state index in [9.17, 15) is 4.79 Å². The monoisotopic (exact) mass is 290 g/mol. The summed E-state index contributed by atoms with van der Waals surface area (Å²) in [6.45, 7) is 5.46. The van der Waals surface area contributed by atoms with Gasteiger partial charge in [-0.05, 0) is 26.7 Å². The molecule has 0 unspecified atom stereocenters. The molecule has 1 aliphatic carbocycles. The van der Waals surface area contributed by atoms with Crippen LogP contribution in [0.25, 0.3) is 0 Å². The minimum Gasteiger partial charge on any atom is -0.350 e. The van der Waals surface area contributed by atoms with Crippen LogP contribution in [0.5, 0.6) is 0 Å². The van der Waals surface area contributed by atoms with E-state index in [1.165, 1.54) is 39.0 Å². The van der Waals surface area contributed by atoms with E-state index < -0.39 is 0 Å². The van der Waals surface area contributed by atoms with Crippen LogP contribution < -0.4 is 10.2 Å². The molecular weight excluding hydrogens is 264 g/mol. The molecule has 0 radical (unpaired) electrons. The van der Waals surface area contributed by atoms with Gasteiger partial charge in [0.1, 0.15) is 0 Å². The molecule has 0 saturated heterocycles. The van der Waals surface area contributed by atoms with Crippen molar-refractivity contribution in [1.29, 1.82) is 0 Å². The summed E-state index contributed by atoms with van der Waals surface area (Å²) in [4.78, 5) is 22.5. The molecule has 0 aliphatic heterocycles. The first-order chi connectivity index (χ1) is 9.99. The van der Waals surface area contributed by atoms with Gasteiger partial charge in [0.15, 0.2) is 0 Å². The van der Waals surface area contributed by atoms with Crippen LogP contribution in [-0.2, 0) is 4.79 Å². The zero-order valence-electron chi connectivity index (χ0n) is 13.5. The largest absolute Gasteiger partial charge is 0.350 e. The molecule has 1 aliphatic rings. The van der Waals surface area contributed by atoms with Gasteiger partial charge in [-0.25, -0.2) is 9.97 Å². The molecule has 116 valence electrons. The minimum atomic E-state index is -0.0588. The second kappa shape index (κ2) is 6.87. The third-order valence-electron chi connectivity index (χ3n) is 4.33. The number of carbonyl (C=O) groups excluding carboxylic acids is 1. The summed E-state index contributed by atoms with van der Waals surface area (Å²) in [5.41, 5.74) is 1.91. The van der Waals surface area contributed by atoms with E-state index in [0.29, 0.717) is 6.04 Å². The predicted molar refractivity (Wildman–Crippen MR) is 84.3 cm³/mol. The van der Waals surface area contributed by atoms with Crippen LogP contribution in [-0.4, -0.2) is 29.0 Å². The Hall–Kier alpha value is -1.65. The van der Waals surface area contributed by atoms with E-state index in [1.807, 2.05) is 20.0 Å². The number of nitrogens with one attached hydrogen (secondary N) is 1. The van der Waals surface area contributed by atoms with E-state index >= 15 is 0 Å². The molecule has 1 heterocycles. The van der Waals surface area contributed by atoms with E-state index in [-0.39, 0.29) is 11.9 Å². The lowest BCUT2D eigenvalue weighted by atomic mass is 9.95. The maximum absolute atomic E-state index is 11.2. The number of rotatable bonds is 4. The van der Waals surface area contributed by atoms with Crippen molar-refractivity contribution in [3.8, 4) is 0 Å². The van der Waals surface area contributed by atoms with Gasteiger partial charge >= 0.3 is 0 Å². The van der Waals surface area contributed by atoms with Crippen LogP contribution in [0.1, 0.15) is 63.3 Å². The van der Waals surface area contributed by atoms with Gasteiger partial charge in [0.05, 0.1) is 6.04 Å². The molecule has 1 N–H and O–H groups in total. The summed E-state index contributed by atoms with van der Waals surface area (Å²) in [7, 11) is 2.09. The van der Waals surface area contributed by atoms with Crippen LogP contribution in [0.4, 0.5) is 5.95 Å². The Labute approximate surface area is 127 Å². The SMILES string of the molecule is CC(=O)N[C@H](C)c1cnc(N(C)C2CCCCC2)nc1C. The van der Waals surface area contributed by atoms with Crippen molar-refractivity contribution >= 4 is 11.9 Å². The van der Waals surface area contributed by atoms with Crippen LogP contribution in [0, 0.1) is 6.92 Å². The van der Waals surface area contributed by atoms with Crippen molar-refractivity contribution in [1.82, 2.24) is 15.3 Å². The van der Waals surface area contributed by atoms with Gasteiger partial charge in [0.2, 0.25) is 11.9 Å². The number of nitrogens with zero attached hydrogens (tertiary/aromatic N) is 3. The fourth-order valence-corrected chi connectivity index (χ4v) is 3.07. The molecule has 1 atom stereocenters. The van der Waals surface area contributed by atoms with Crippen molar-refractivity contribution in [3.05, 3.63) is 17.5 Å². The summed E-state index contributed by atoms with van der Waals surface area (Å²) in [5.74, 6) is 0.753. The van der Waals surface area contributed by atoms with Crippen molar-refractivity contribution in [3.63, 3.8) is 0 Å².